The third-order valence-corrected chi connectivity index (χ3v) is 13.2. The number of pyridine rings is 1. The van der Waals surface area contributed by atoms with E-state index in [9.17, 15) is 0 Å². The van der Waals surface area contributed by atoms with Gasteiger partial charge in [-0.25, -0.2) is 0 Å². The Bertz CT molecular complexity index is 2970. The third-order valence-electron chi connectivity index (χ3n) is 11.1. The molecule has 0 saturated heterocycles. The first-order chi connectivity index (χ1) is 29.0. The zero-order chi connectivity index (χ0) is 41.4. The standard InChI is InChI=1S/C37H23N2O.C18H24NSi.Ir/c1-3-13-25(14-4-1)27-18-11-19-28(26-15-5-2-6-16-26)35(27)39-33-23-9-8-22-32(33)38-37(39)31-21-12-20-30-29-17-7-10-24-34(29)40-36(30)31;1-18(2,3)15-9-7-14(8-10-15)17-12-11-16(13-19-17)20(4,5)6;/h1-20,22-24H;7,9-13H,1-6H3;/q2*-1;. The number of hydrogen-bond acceptors (Lipinski definition) is 3. The van der Waals surface area contributed by atoms with E-state index in [4.69, 9.17) is 9.40 Å². The summed E-state index contributed by atoms with van der Waals surface area (Å²) in [5, 5.41) is 3.54. The molecule has 0 aliphatic rings. The van der Waals surface area contributed by atoms with E-state index in [1.54, 1.807) is 0 Å². The van der Waals surface area contributed by atoms with E-state index >= 15 is 0 Å². The molecule has 303 valence electrons. The molecule has 3 aromatic heterocycles. The summed E-state index contributed by atoms with van der Waals surface area (Å²) in [6.07, 6.45) is 2.03. The van der Waals surface area contributed by atoms with E-state index in [-0.39, 0.29) is 25.5 Å². The summed E-state index contributed by atoms with van der Waals surface area (Å²) in [6, 6.07) is 65.8. The molecule has 0 unspecified atom stereocenters. The molecule has 0 aliphatic heterocycles. The van der Waals surface area contributed by atoms with Crippen molar-refractivity contribution in [2.75, 3.05) is 0 Å². The maximum Gasteiger partial charge on any atom is 0.120 e. The molecule has 4 nitrogen and oxygen atoms in total. The number of aromatic nitrogens is 3. The van der Waals surface area contributed by atoms with Crippen LogP contribution in [0, 0.1) is 12.1 Å². The maximum atomic E-state index is 6.47. The van der Waals surface area contributed by atoms with Crippen molar-refractivity contribution in [3.8, 4) is 50.6 Å². The molecule has 0 spiro atoms. The summed E-state index contributed by atoms with van der Waals surface area (Å²) in [5.41, 5.74) is 13.6. The number of hydrogen-bond donors (Lipinski definition) is 0. The van der Waals surface area contributed by atoms with Crippen molar-refractivity contribution in [2.45, 2.75) is 45.8 Å². The zero-order valence-electron chi connectivity index (χ0n) is 35.3. The molecule has 0 bridgehead atoms. The minimum Gasteiger partial charge on any atom is -0.501 e. The van der Waals surface area contributed by atoms with Gasteiger partial charge in [-0.2, -0.15) is 0 Å². The van der Waals surface area contributed by atoms with Crippen molar-refractivity contribution in [3.05, 3.63) is 194 Å². The zero-order valence-corrected chi connectivity index (χ0v) is 38.7. The van der Waals surface area contributed by atoms with Crippen LogP contribution in [0.5, 0.6) is 0 Å². The summed E-state index contributed by atoms with van der Waals surface area (Å²) < 4.78 is 8.76. The molecular weight excluding hydrogens is 939 g/mol. The molecule has 0 N–H and O–H groups in total. The van der Waals surface area contributed by atoms with Gasteiger partial charge in [-0.15, -0.1) is 53.6 Å². The summed E-state index contributed by atoms with van der Waals surface area (Å²) in [7, 11) is -1.26. The topological polar surface area (TPSA) is 43.9 Å². The largest absolute Gasteiger partial charge is 0.501 e. The average molecular weight is 986 g/mol. The van der Waals surface area contributed by atoms with Crippen molar-refractivity contribution in [1.29, 1.82) is 0 Å². The quantitative estimate of drug-likeness (QED) is 0.123. The fraction of sp³-hybridized carbons (Fsp3) is 0.127. The van der Waals surface area contributed by atoms with E-state index in [1.807, 2.05) is 36.5 Å². The van der Waals surface area contributed by atoms with Crippen molar-refractivity contribution in [3.63, 3.8) is 0 Å². The molecule has 3 heterocycles. The van der Waals surface area contributed by atoms with Gasteiger partial charge in [0.25, 0.3) is 0 Å². The van der Waals surface area contributed by atoms with E-state index in [0.717, 1.165) is 83.6 Å². The summed E-state index contributed by atoms with van der Waals surface area (Å²) >= 11 is 0. The molecular formula is C55H47IrN3OSi-2. The Kier molecular flexibility index (Phi) is 11.6. The predicted octanol–water partition coefficient (Wildman–Crippen LogP) is 14.1. The van der Waals surface area contributed by atoms with Gasteiger partial charge in [0.1, 0.15) is 5.58 Å². The minimum absolute atomic E-state index is 0. The first-order valence-corrected chi connectivity index (χ1v) is 24.1. The predicted molar refractivity (Wildman–Crippen MR) is 254 cm³/mol. The van der Waals surface area contributed by atoms with Crippen LogP contribution in [0.3, 0.4) is 0 Å². The number of benzene rings is 7. The van der Waals surface area contributed by atoms with Gasteiger partial charge in [0.05, 0.1) is 36.2 Å². The number of furan rings is 1. The van der Waals surface area contributed by atoms with E-state index < -0.39 is 8.07 Å². The smallest absolute Gasteiger partial charge is 0.120 e. The molecule has 6 heteroatoms. The van der Waals surface area contributed by atoms with Gasteiger partial charge >= 0.3 is 0 Å². The van der Waals surface area contributed by atoms with E-state index in [0.29, 0.717) is 0 Å². The van der Waals surface area contributed by atoms with Crippen LogP contribution in [0.15, 0.2) is 180 Å². The SMILES string of the molecule is CC(C)(C)c1c[c-]c(-c2ccc([Si](C)(C)C)cn2)cc1.[Ir].[c-]1ccc2c(oc3ccccc32)c1-c1nc2ccccc2n1-c1c(-c2ccccc2)cccc1-c1ccccc1. The second-order valence-electron chi connectivity index (χ2n) is 17.3. The van der Waals surface area contributed by atoms with Crippen molar-refractivity contribution < 1.29 is 24.5 Å². The van der Waals surface area contributed by atoms with Crippen LogP contribution in [0.1, 0.15) is 26.3 Å². The number of fused-ring (bicyclic) bond motifs is 4. The second kappa shape index (κ2) is 17.1. The molecule has 0 aliphatic carbocycles. The normalized spacial score (nSPS) is 11.6. The Hall–Kier alpha value is -6.17. The van der Waals surface area contributed by atoms with Crippen LogP contribution >= 0.6 is 0 Å². The van der Waals surface area contributed by atoms with Gasteiger partial charge in [-0.05, 0) is 45.6 Å². The molecule has 1 radical (unpaired) electrons. The van der Waals surface area contributed by atoms with Crippen molar-refractivity contribution >= 4 is 46.2 Å². The first kappa shape index (κ1) is 41.6. The number of para-hydroxylation sites is 4. The van der Waals surface area contributed by atoms with Gasteiger partial charge in [-0.3, -0.25) is 4.98 Å². The maximum absolute atomic E-state index is 6.47. The molecule has 0 saturated carbocycles. The molecule has 61 heavy (non-hydrogen) atoms. The molecule has 0 fully saturated rings. The van der Waals surface area contributed by atoms with Crippen LogP contribution in [0.2, 0.25) is 19.6 Å². The van der Waals surface area contributed by atoms with Gasteiger partial charge in [-0.1, -0.05) is 173 Å². The van der Waals surface area contributed by atoms with Crippen LogP contribution in [0.4, 0.5) is 0 Å². The Morgan fingerprint density at radius 1 is 0.623 bits per heavy atom. The molecule has 10 rings (SSSR count). The molecule has 7 aromatic carbocycles. The van der Waals surface area contributed by atoms with Gasteiger partial charge in [0.15, 0.2) is 0 Å². The van der Waals surface area contributed by atoms with Gasteiger partial charge in [0.2, 0.25) is 0 Å². The third kappa shape index (κ3) is 8.32. The summed E-state index contributed by atoms with van der Waals surface area (Å²) in [6.45, 7) is 13.7. The Morgan fingerprint density at radius 3 is 1.90 bits per heavy atom. The van der Waals surface area contributed by atoms with Crippen LogP contribution in [0.25, 0.3) is 83.6 Å². The minimum atomic E-state index is -1.26. The number of rotatable bonds is 6. The molecule has 0 amide bonds. The number of nitrogens with zero attached hydrogens (tertiary/aromatic N) is 3. The Labute approximate surface area is 373 Å². The first-order valence-electron chi connectivity index (χ1n) is 20.6. The average Bonchev–Trinajstić information content (AvgIpc) is 3.85. The second-order valence-corrected chi connectivity index (χ2v) is 22.4. The number of imidazole rings is 1. The van der Waals surface area contributed by atoms with Crippen LogP contribution in [-0.4, -0.2) is 22.6 Å². The Balaban J connectivity index is 0.000000208. The van der Waals surface area contributed by atoms with E-state index in [2.05, 4.69) is 202 Å². The summed E-state index contributed by atoms with van der Waals surface area (Å²) in [4.78, 5) is 9.83. The molecule has 10 aromatic rings. The molecule has 0 atom stereocenters. The van der Waals surface area contributed by atoms with E-state index in [1.165, 1.54) is 10.8 Å². The summed E-state index contributed by atoms with van der Waals surface area (Å²) in [5.74, 6) is 0.798. The van der Waals surface area contributed by atoms with Crippen molar-refractivity contribution in [1.82, 2.24) is 14.5 Å². The fourth-order valence-electron chi connectivity index (χ4n) is 7.81. The van der Waals surface area contributed by atoms with Gasteiger partial charge in [0, 0.05) is 42.8 Å². The fourth-order valence-corrected chi connectivity index (χ4v) is 8.84. The van der Waals surface area contributed by atoms with Crippen molar-refractivity contribution in [2.24, 2.45) is 0 Å². The monoisotopic (exact) mass is 986 g/mol. The van der Waals surface area contributed by atoms with Gasteiger partial charge < -0.3 is 14.0 Å². The Morgan fingerprint density at radius 2 is 1.28 bits per heavy atom. The van der Waals surface area contributed by atoms with Crippen LogP contribution in [-0.2, 0) is 25.5 Å². The van der Waals surface area contributed by atoms with Crippen LogP contribution < -0.4 is 5.19 Å².